The lowest BCUT2D eigenvalue weighted by Gasteiger charge is -2.28. The Morgan fingerprint density at radius 1 is 1.00 bits per heavy atom. The number of allylic oxidation sites excluding steroid dienone is 1. The molecule has 0 heterocycles. The molecule has 0 atom stereocenters. The summed E-state index contributed by atoms with van der Waals surface area (Å²) in [5, 5.41) is 8.82. The maximum absolute atomic E-state index is 11.9. The Labute approximate surface area is 140 Å². The minimum Gasteiger partial charge on any atom is -0.216 e. The maximum atomic E-state index is 11.9. The van der Waals surface area contributed by atoms with Crippen molar-refractivity contribution in [2.24, 2.45) is 11.8 Å². The van der Waals surface area contributed by atoms with E-state index in [4.69, 9.17) is 5.26 Å². The predicted octanol–water partition coefficient (Wildman–Crippen LogP) is 6.34. The van der Waals surface area contributed by atoms with Gasteiger partial charge in [0.1, 0.15) is 0 Å². The molecule has 1 nitrogen and oxygen atoms in total. The molecule has 1 saturated carbocycles. The van der Waals surface area contributed by atoms with Crippen LogP contribution in [-0.2, 0) is 6.42 Å². The SMILES string of the molecule is N#Cc1ccc(CC[C@H]2CC[C@H](CCCCC=CF)CC2)cc1. The van der Waals surface area contributed by atoms with E-state index in [1.54, 1.807) is 6.08 Å². The van der Waals surface area contributed by atoms with Gasteiger partial charge in [-0.1, -0.05) is 56.7 Å². The molecule has 1 aliphatic carbocycles. The van der Waals surface area contributed by atoms with Gasteiger partial charge in [0.25, 0.3) is 0 Å². The molecular formula is C21H28FN. The van der Waals surface area contributed by atoms with Crippen molar-refractivity contribution >= 4 is 0 Å². The molecule has 0 saturated heterocycles. The van der Waals surface area contributed by atoms with Gasteiger partial charge in [-0.3, -0.25) is 0 Å². The van der Waals surface area contributed by atoms with E-state index in [9.17, 15) is 4.39 Å². The number of aryl methyl sites for hydroxylation is 1. The van der Waals surface area contributed by atoms with Crippen LogP contribution in [0.4, 0.5) is 4.39 Å². The van der Waals surface area contributed by atoms with E-state index < -0.39 is 0 Å². The van der Waals surface area contributed by atoms with Crippen LogP contribution in [0, 0.1) is 23.2 Å². The van der Waals surface area contributed by atoms with Crippen LogP contribution < -0.4 is 0 Å². The summed E-state index contributed by atoms with van der Waals surface area (Å²) in [6.07, 6.45) is 14.8. The molecule has 2 heteroatoms. The third kappa shape index (κ3) is 6.57. The van der Waals surface area contributed by atoms with Gasteiger partial charge >= 0.3 is 0 Å². The standard InChI is InChI=1S/C21H28FN/c22-16-4-2-1-3-5-18-6-8-19(9-7-18)10-11-20-12-14-21(17-23)15-13-20/h4,12-16,18-19H,1-3,5-11H2/t18-,19-. The Hall–Kier alpha value is -1.62. The lowest BCUT2D eigenvalue weighted by Crippen LogP contribution is -2.15. The summed E-state index contributed by atoms with van der Waals surface area (Å²) in [5.74, 6) is 1.77. The van der Waals surface area contributed by atoms with Gasteiger partial charge in [-0.2, -0.15) is 5.26 Å². The average Bonchev–Trinajstić information content (AvgIpc) is 2.61. The third-order valence-corrected chi connectivity index (χ3v) is 5.21. The molecule has 0 N–H and O–H groups in total. The van der Waals surface area contributed by atoms with Gasteiger partial charge in [0, 0.05) is 0 Å². The number of hydrogen-bond donors (Lipinski definition) is 0. The summed E-state index contributed by atoms with van der Waals surface area (Å²) in [6.45, 7) is 0. The topological polar surface area (TPSA) is 23.8 Å². The van der Waals surface area contributed by atoms with Crippen LogP contribution in [0.2, 0.25) is 0 Å². The summed E-state index contributed by atoms with van der Waals surface area (Å²) in [4.78, 5) is 0. The molecule has 1 aliphatic rings. The van der Waals surface area contributed by atoms with E-state index in [0.29, 0.717) is 6.33 Å². The van der Waals surface area contributed by atoms with Crippen molar-refractivity contribution in [1.82, 2.24) is 0 Å². The number of benzene rings is 1. The molecule has 0 aliphatic heterocycles. The van der Waals surface area contributed by atoms with Crippen LogP contribution in [0.15, 0.2) is 36.7 Å². The van der Waals surface area contributed by atoms with Gasteiger partial charge in [-0.25, -0.2) is 4.39 Å². The number of halogens is 1. The average molecular weight is 313 g/mol. The van der Waals surface area contributed by atoms with E-state index in [0.717, 1.165) is 36.7 Å². The largest absolute Gasteiger partial charge is 0.216 e. The van der Waals surface area contributed by atoms with Crippen molar-refractivity contribution in [3.63, 3.8) is 0 Å². The predicted molar refractivity (Wildman–Crippen MR) is 93.6 cm³/mol. The van der Waals surface area contributed by atoms with Crippen LogP contribution >= 0.6 is 0 Å². The Morgan fingerprint density at radius 2 is 1.65 bits per heavy atom. The van der Waals surface area contributed by atoms with Gasteiger partial charge < -0.3 is 0 Å². The van der Waals surface area contributed by atoms with Crippen LogP contribution in [0.5, 0.6) is 0 Å². The van der Waals surface area contributed by atoms with Gasteiger partial charge in [0.15, 0.2) is 0 Å². The fourth-order valence-electron chi connectivity index (χ4n) is 3.68. The van der Waals surface area contributed by atoms with Crippen molar-refractivity contribution in [2.75, 3.05) is 0 Å². The number of rotatable bonds is 8. The zero-order valence-electron chi connectivity index (χ0n) is 14.0. The van der Waals surface area contributed by atoms with Crippen molar-refractivity contribution in [1.29, 1.82) is 5.26 Å². The van der Waals surface area contributed by atoms with Crippen molar-refractivity contribution in [3.05, 3.63) is 47.8 Å². The van der Waals surface area contributed by atoms with E-state index in [1.807, 2.05) is 12.1 Å². The lowest BCUT2D eigenvalue weighted by molar-refractivity contribution is 0.249. The van der Waals surface area contributed by atoms with E-state index >= 15 is 0 Å². The molecule has 23 heavy (non-hydrogen) atoms. The smallest absolute Gasteiger partial charge is 0.0991 e. The third-order valence-electron chi connectivity index (χ3n) is 5.21. The van der Waals surface area contributed by atoms with Crippen LogP contribution in [0.3, 0.4) is 0 Å². The van der Waals surface area contributed by atoms with Crippen molar-refractivity contribution in [3.8, 4) is 6.07 Å². The quantitative estimate of drug-likeness (QED) is 0.514. The number of nitriles is 1. The van der Waals surface area contributed by atoms with Crippen LogP contribution in [0.25, 0.3) is 0 Å². The highest BCUT2D eigenvalue weighted by Crippen LogP contribution is 2.34. The van der Waals surface area contributed by atoms with Crippen LogP contribution in [-0.4, -0.2) is 0 Å². The van der Waals surface area contributed by atoms with E-state index in [-0.39, 0.29) is 0 Å². The zero-order valence-corrected chi connectivity index (χ0v) is 14.0. The monoisotopic (exact) mass is 313 g/mol. The number of unbranched alkanes of at least 4 members (excludes halogenated alkanes) is 2. The van der Waals surface area contributed by atoms with Gasteiger partial charge in [-0.15, -0.1) is 0 Å². The molecule has 2 rings (SSSR count). The summed E-state index contributed by atoms with van der Waals surface area (Å²) in [7, 11) is 0. The first kappa shape index (κ1) is 17.7. The first-order valence-electron chi connectivity index (χ1n) is 9.06. The number of nitrogens with zero attached hydrogens (tertiary/aromatic N) is 1. The fourth-order valence-corrected chi connectivity index (χ4v) is 3.68. The Bertz CT molecular complexity index is 504. The molecule has 0 radical (unpaired) electrons. The fraction of sp³-hybridized carbons (Fsp3) is 0.571. The summed E-state index contributed by atoms with van der Waals surface area (Å²) in [6, 6.07) is 10.2. The first-order valence-corrected chi connectivity index (χ1v) is 9.06. The molecule has 1 aromatic carbocycles. The van der Waals surface area contributed by atoms with Crippen LogP contribution in [0.1, 0.15) is 68.9 Å². The number of hydrogen-bond acceptors (Lipinski definition) is 1. The second kappa shape index (κ2) is 10.2. The van der Waals surface area contributed by atoms with Crippen molar-refractivity contribution < 1.29 is 4.39 Å². The lowest BCUT2D eigenvalue weighted by atomic mass is 9.78. The van der Waals surface area contributed by atoms with Gasteiger partial charge in [-0.05, 0) is 55.2 Å². The zero-order chi connectivity index (χ0) is 16.3. The Kier molecular flexibility index (Phi) is 7.87. The minimum absolute atomic E-state index is 0.666. The first-order chi connectivity index (χ1) is 11.3. The Morgan fingerprint density at radius 3 is 2.26 bits per heavy atom. The summed E-state index contributed by atoms with van der Waals surface area (Å²) >= 11 is 0. The second-order valence-electron chi connectivity index (χ2n) is 6.88. The highest BCUT2D eigenvalue weighted by Gasteiger charge is 2.20. The maximum Gasteiger partial charge on any atom is 0.0991 e. The molecule has 0 bridgehead atoms. The van der Waals surface area contributed by atoms with E-state index in [2.05, 4.69) is 18.2 Å². The van der Waals surface area contributed by atoms with E-state index in [1.165, 1.54) is 50.5 Å². The second-order valence-corrected chi connectivity index (χ2v) is 6.88. The molecule has 0 unspecified atom stereocenters. The highest BCUT2D eigenvalue weighted by atomic mass is 19.1. The summed E-state index contributed by atoms with van der Waals surface area (Å²) < 4.78 is 11.9. The van der Waals surface area contributed by atoms with Gasteiger partial charge in [0.2, 0.25) is 0 Å². The minimum atomic E-state index is 0.666. The van der Waals surface area contributed by atoms with Crippen molar-refractivity contribution in [2.45, 2.75) is 64.2 Å². The van der Waals surface area contributed by atoms with Gasteiger partial charge in [0.05, 0.1) is 18.0 Å². The molecule has 0 spiro atoms. The molecule has 1 aromatic rings. The highest BCUT2D eigenvalue weighted by molar-refractivity contribution is 5.31. The molecule has 0 aromatic heterocycles. The molecule has 124 valence electrons. The Balaban J connectivity index is 1.60. The summed E-state index contributed by atoms with van der Waals surface area (Å²) in [5.41, 5.74) is 2.10. The molecular weight excluding hydrogens is 285 g/mol. The molecule has 1 fully saturated rings. The normalized spacial score (nSPS) is 21.4. The molecule has 0 amide bonds.